The number of nitrogens with zero attached hydrogens (tertiary/aromatic N) is 1. The van der Waals surface area contributed by atoms with Crippen molar-refractivity contribution in [2.45, 2.75) is 108 Å². The van der Waals surface area contributed by atoms with E-state index in [-0.39, 0.29) is 50.7 Å². The number of unbranched alkanes of at least 4 members (excludes halogenated alkanes) is 1. The Morgan fingerprint density at radius 3 is 1.63 bits per heavy atom. The molecular weight excluding hydrogens is 718 g/mol. The molecule has 54 heavy (non-hydrogen) atoms. The predicted molar refractivity (Wildman–Crippen MR) is 191 cm³/mol. The van der Waals surface area contributed by atoms with Crippen LogP contribution < -0.4 is 54.8 Å². The Hall–Kier alpha value is -5.58. The minimum atomic E-state index is -1.76. The molecule has 0 aromatic rings. The topological polar surface area (TPSA) is 403 Å². The first-order valence-corrected chi connectivity index (χ1v) is 17.1. The number of guanidine groups is 1. The average Bonchev–Trinajstić information content (AvgIpc) is 3.06. The van der Waals surface area contributed by atoms with Crippen molar-refractivity contribution < 1.29 is 58.5 Å². The second-order valence-electron chi connectivity index (χ2n) is 12.8. The molecule has 0 bridgehead atoms. The molecule has 23 nitrogen and oxygen atoms in total. The molecule has 0 unspecified atom stereocenters. The van der Waals surface area contributed by atoms with E-state index in [2.05, 4.69) is 36.9 Å². The third-order valence-corrected chi connectivity index (χ3v) is 7.41. The van der Waals surface area contributed by atoms with E-state index in [1.54, 1.807) is 13.8 Å². The van der Waals surface area contributed by atoms with Gasteiger partial charge >= 0.3 is 17.9 Å². The number of amides is 6. The van der Waals surface area contributed by atoms with Crippen LogP contribution in [0.3, 0.4) is 0 Å². The van der Waals surface area contributed by atoms with Gasteiger partial charge in [-0.3, -0.25) is 48.1 Å². The maximum absolute atomic E-state index is 13.4. The summed E-state index contributed by atoms with van der Waals surface area (Å²) >= 11 is 0. The van der Waals surface area contributed by atoms with Gasteiger partial charge in [0.15, 0.2) is 5.96 Å². The fourth-order valence-corrected chi connectivity index (χ4v) is 4.69. The number of aliphatic carboxylic acids is 3. The number of hydrogen-bond acceptors (Lipinski definition) is 12. The standard InChI is InChI=1S/C31H55N11O12/c1-15(2)11-20(30(54)40-18(8-6-10-36-31(34)35)27(51)37-14-24(47)48)41-25(49)16(3)38-29(53)21(13-23(45)46)42-28(52)19(7-4-5-9-32)39-26(50)17(33)12-22(43)44/h15-21H,4-14,32-33H2,1-3H3,(H,37,51)(H,38,53)(H,39,50)(H,40,54)(H,41,49)(H,42,52)(H,43,44)(H,45,46)(H,47,48)(H4,34,35,36)/t16-,17-,18-,19-,20-,21-/m0/s1. The lowest BCUT2D eigenvalue weighted by Crippen LogP contribution is -2.59. The van der Waals surface area contributed by atoms with E-state index < -0.39 is 109 Å². The highest BCUT2D eigenvalue weighted by molar-refractivity contribution is 5.98. The highest BCUT2D eigenvalue weighted by Crippen LogP contribution is 2.09. The van der Waals surface area contributed by atoms with Crippen molar-refractivity contribution in [2.24, 2.45) is 33.8 Å². The molecule has 306 valence electrons. The fourth-order valence-electron chi connectivity index (χ4n) is 4.69. The van der Waals surface area contributed by atoms with Crippen molar-refractivity contribution in [2.75, 3.05) is 19.6 Å². The van der Waals surface area contributed by atoms with Crippen LogP contribution in [0, 0.1) is 5.92 Å². The van der Waals surface area contributed by atoms with Gasteiger partial charge in [0, 0.05) is 6.54 Å². The van der Waals surface area contributed by atoms with Gasteiger partial charge in [0.1, 0.15) is 36.8 Å². The fraction of sp³-hybridized carbons (Fsp3) is 0.677. The first kappa shape index (κ1) is 48.4. The predicted octanol–water partition coefficient (Wildman–Crippen LogP) is -4.86. The van der Waals surface area contributed by atoms with Crippen molar-refractivity contribution in [3.8, 4) is 0 Å². The lowest BCUT2D eigenvalue weighted by Gasteiger charge is -2.26. The second-order valence-corrected chi connectivity index (χ2v) is 12.8. The molecule has 0 aromatic carbocycles. The zero-order valence-electron chi connectivity index (χ0n) is 30.6. The molecule has 0 heterocycles. The molecule has 0 rings (SSSR count). The highest BCUT2D eigenvalue weighted by Gasteiger charge is 2.33. The van der Waals surface area contributed by atoms with Gasteiger partial charge in [-0.25, -0.2) is 0 Å². The molecular formula is C31H55N11O12. The second kappa shape index (κ2) is 25.4. The van der Waals surface area contributed by atoms with Gasteiger partial charge < -0.3 is 70.2 Å². The van der Waals surface area contributed by atoms with Crippen LogP contribution in [0.15, 0.2) is 4.99 Å². The Morgan fingerprint density at radius 2 is 1.09 bits per heavy atom. The summed E-state index contributed by atoms with van der Waals surface area (Å²) in [7, 11) is 0. The van der Waals surface area contributed by atoms with E-state index in [4.69, 9.17) is 33.1 Å². The Kier molecular flexibility index (Phi) is 22.8. The molecule has 23 heteroatoms. The first-order chi connectivity index (χ1) is 25.2. The van der Waals surface area contributed by atoms with Gasteiger partial charge in [-0.05, 0) is 57.9 Å². The number of nitrogens with two attached hydrogens (primary N) is 4. The molecule has 0 saturated heterocycles. The van der Waals surface area contributed by atoms with Gasteiger partial charge in [-0.15, -0.1) is 0 Å². The zero-order chi connectivity index (χ0) is 41.5. The molecule has 6 amide bonds. The Morgan fingerprint density at radius 1 is 0.593 bits per heavy atom. The monoisotopic (exact) mass is 773 g/mol. The quantitative estimate of drug-likeness (QED) is 0.0211. The van der Waals surface area contributed by atoms with Crippen molar-refractivity contribution in [1.29, 1.82) is 0 Å². The maximum atomic E-state index is 13.4. The van der Waals surface area contributed by atoms with Gasteiger partial charge in [-0.1, -0.05) is 13.8 Å². The number of carboxylic acid groups (broad SMARTS) is 3. The molecule has 0 spiro atoms. The number of carbonyl (C=O) groups is 9. The summed E-state index contributed by atoms with van der Waals surface area (Å²) in [5.74, 6) is -10.2. The number of carboxylic acids is 3. The molecule has 6 atom stereocenters. The van der Waals surface area contributed by atoms with Crippen molar-refractivity contribution in [3.05, 3.63) is 0 Å². The summed E-state index contributed by atoms with van der Waals surface area (Å²) in [6.45, 7) is 4.33. The van der Waals surface area contributed by atoms with Crippen molar-refractivity contribution in [1.82, 2.24) is 31.9 Å². The van der Waals surface area contributed by atoms with E-state index in [1.165, 1.54) is 6.92 Å². The van der Waals surface area contributed by atoms with Crippen LogP contribution in [0.1, 0.15) is 72.1 Å². The number of hydrogen-bond donors (Lipinski definition) is 13. The molecule has 17 N–H and O–H groups in total. The lowest BCUT2D eigenvalue weighted by atomic mass is 10.0. The number of nitrogens with one attached hydrogen (secondary N) is 6. The van der Waals surface area contributed by atoms with E-state index in [9.17, 15) is 48.3 Å². The Labute approximate surface area is 311 Å². The lowest BCUT2D eigenvalue weighted by molar-refractivity contribution is -0.141. The summed E-state index contributed by atoms with van der Waals surface area (Å²) in [6.07, 6.45) is -0.704. The molecule has 0 radical (unpaired) electrons. The summed E-state index contributed by atoms with van der Waals surface area (Å²) in [5, 5.41) is 41.3. The zero-order valence-corrected chi connectivity index (χ0v) is 30.6. The SMILES string of the molecule is CC(C)C[C@H](NC(=O)[C@H](C)NC(=O)[C@H](CC(=O)O)NC(=O)[C@H](CCCCN)NC(=O)[C@@H](N)CC(=O)O)C(=O)N[C@@H](CCCN=C(N)N)C(=O)NCC(=O)O. The normalized spacial score (nSPS) is 14.1. The highest BCUT2D eigenvalue weighted by atomic mass is 16.4. The van der Waals surface area contributed by atoms with Crippen LogP contribution in [0.5, 0.6) is 0 Å². The minimum absolute atomic E-state index is 0.00778. The Bertz CT molecular complexity index is 1360. The maximum Gasteiger partial charge on any atom is 0.322 e. The number of rotatable bonds is 27. The van der Waals surface area contributed by atoms with Gasteiger partial charge in [0.05, 0.1) is 18.9 Å². The van der Waals surface area contributed by atoms with E-state index in [0.717, 1.165) is 0 Å². The van der Waals surface area contributed by atoms with Gasteiger partial charge in [0.25, 0.3) is 0 Å². The van der Waals surface area contributed by atoms with Crippen LogP contribution in [0.25, 0.3) is 0 Å². The van der Waals surface area contributed by atoms with Crippen LogP contribution in [-0.4, -0.2) is 131 Å². The van der Waals surface area contributed by atoms with Gasteiger partial charge in [0.2, 0.25) is 35.4 Å². The van der Waals surface area contributed by atoms with E-state index >= 15 is 0 Å². The van der Waals surface area contributed by atoms with Gasteiger partial charge in [-0.2, -0.15) is 0 Å². The van der Waals surface area contributed by atoms with E-state index in [0.29, 0.717) is 12.8 Å². The molecule has 0 aliphatic heterocycles. The number of aliphatic imine (C=N–C) groups is 1. The summed E-state index contributed by atoms with van der Waals surface area (Å²) in [6, 6.07) is -8.54. The van der Waals surface area contributed by atoms with Crippen molar-refractivity contribution >= 4 is 59.3 Å². The van der Waals surface area contributed by atoms with Crippen LogP contribution >= 0.6 is 0 Å². The molecule has 0 aliphatic carbocycles. The van der Waals surface area contributed by atoms with Crippen molar-refractivity contribution in [3.63, 3.8) is 0 Å². The third kappa shape index (κ3) is 21.1. The summed E-state index contributed by atoms with van der Waals surface area (Å²) < 4.78 is 0. The van der Waals surface area contributed by atoms with Crippen LogP contribution in [0.4, 0.5) is 0 Å². The van der Waals surface area contributed by atoms with Crippen LogP contribution in [0.2, 0.25) is 0 Å². The summed E-state index contributed by atoms with van der Waals surface area (Å²) in [4.78, 5) is 116. The minimum Gasteiger partial charge on any atom is -0.481 e. The average molecular weight is 774 g/mol. The third-order valence-electron chi connectivity index (χ3n) is 7.41. The summed E-state index contributed by atoms with van der Waals surface area (Å²) in [5.41, 5.74) is 21.7. The Balaban J connectivity index is 5.93. The largest absolute Gasteiger partial charge is 0.481 e. The van der Waals surface area contributed by atoms with Crippen LogP contribution in [-0.2, 0) is 43.2 Å². The molecule has 0 fully saturated rings. The molecule has 0 aromatic heterocycles. The first-order valence-electron chi connectivity index (χ1n) is 17.1. The van der Waals surface area contributed by atoms with E-state index in [1.807, 2.05) is 0 Å². The molecule has 0 aliphatic rings. The smallest absolute Gasteiger partial charge is 0.322 e. The number of carbonyl (C=O) groups excluding carboxylic acids is 6. The molecule has 0 saturated carbocycles.